The van der Waals surface area contributed by atoms with Crippen molar-refractivity contribution in [2.45, 2.75) is 6.42 Å². The van der Waals surface area contributed by atoms with Gasteiger partial charge in [-0.2, -0.15) is 0 Å². The molecule has 0 saturated carbocycles. The van der Waals surface area contributed by atoms with Gasteiger partial charge in [0, 0.05) is 22.9 Å². The molecule has 1 heterocycles. The number of para-hydroxylation sites is 1. The van der Waals surface area contributed by atoms with E-state index in [4.69, 9.17) is 26.3 Å². The third-order valence-corrected chi connectivity index (χ3v) is 6.01. The average molecular weight is 479 g/mol. The Kier molecular flexibility index (Phi) is 2.24. The lowest BCUT2D eigenvalue weighted by molar-refractivity contribution is 0.628. The van der Waals surface area contributed by atoms with Crippen LogP contribution in [0.1, 0.15) is 35.8 Å². The molecule has 6 aromatic carbocycles. The third kappa shape index (κ3) is 3.32. The van der Waals surface area contributed by atoms with Crippen molar-refractivity contribution in [2.75, 3.05) is 0 Å². The van der Waals surface area contributed by atoms with E-state index in [-0.39, 0.29) is 49.6 Å². The number of hydrogen-bond acceptors (Lipinski definition) is 1. The minimum Gasteiger partial charge on any atom is -0.456 e. The zero-order valence-corrected chi connectivity index (χ0v) is 18.4. The molecule has 1 heteroatoms. The second kappa shape index (κ2) is 8.55. The maximum absolute atomic E-state index is 9.17. The molecule has 0 atom stereocenters. The van der Waals surface area contributed by atoms with E-state index in [0.717, 1.165) is 0 Å². The van der Waals surface area contributed by atoms with E-state index in [9.17, 15) is 2.74 Å². The Hall–Kier alpha value is -4.62. The zero-order valence-electron chi connectivity index (χ0n) is 36.4. The summed E-state index contributed by atoms with van der Waals surface area (Å²) in [6, 6.07) is -6.35. The van der Waals surface area contributed by atoms with E-state index >= 15 is 0 Å². The van der Waals surface area contributed by atoms with Gasteiger partial charge in [-0.25, -0.2) is 0 Å². The molecule has 0 aliphatic heterocycles. The Morgan fingerprint density at radius 1 is 0.500 bits per heavy atom. The first-order valence-corrected chi connectivity index (χ1v) is 10.9. The molecular formula is C35H24O. The maximum atomic E-state index is 9.17. The summed E-state index contributed by atoms with van der Waals surface area (Å²) < 4.78 is 162. The van der Waals surface area contributed by atoms with Gasteiger partial charge in [0.25, 0.3) is 0 Å². The van der Waals surface area contributed by atoms with Gasteiger partial charge in [0.15, 0.2) is 0 Å². The van der Waals surface area contributed by atoms with E-state index in [1.165, 1.54) is 0 Å². The summed E-state index contributed by atoms with van der Waals surface area (Å²) in [5, 5.41) is -0.999. The van der Waals surface area contributed by atoms with Gasteiger partial charge < -0.3 is 4.42 Å². The van der Waals surface area contributed by atoms with E-state index in [2.05, 4.69) is 0 Å². The molecule has 36 heavy (non-hydrogen) atoms. The minimum atomic E-state index is -0.786. The monoisotopic (exact) mass is 478 g/mol. The molecule has 0 spiro atoms. The Morgan fingerprint density at radius 3 is 1.67 bits per heavy atom. The van der Waals surface area contributed by atoms with Crippen LogP contribution in [0.3, 0.4) is 0 Å². The van der Waals surface area contributed by atoms with Gasteiger partial charge >= 0.3 is 0 Å². The number of rotatable bonds is 4. The van der Waals surface area contributed by atoms with Gasteiger partial charge in [-0.3, -0.25) is 0 Å². The molecule has 7 aromatic rings. The van der Waals surface area contributed by atoms with Crippen molar-refractivity contribution in [3.05, 3.63) is 144 Å². The van der Waals surface area contributed by atoms with E-state index < -0.39 is 126 Å². The molecule has 0 radical (unpaired) electrons. The average Bonchev–Trinajstić information content (AvgIpc) is 3.51. The fraction of sp³-hybridized carbons (Fsp3) is 0.0286. The number of furan rings is 1. The predicted molar refractivity (Wildman–Crippen MR) is 151 cm³/mol. The highest BCUT2D eigenvalue weighted by Gasteiger charge is 2.20. The van der Waals surface area contributed by atoms with Gasteiger partial charge in [0.1, 0.15) is 11.3 Å². The summed E-state index contributed by atoms with van der Waals surface area (Å²) in [6.45, 7) is 0. The Balaban J connectivity index is 1.77. The quantitative estimate of drug-likeness (QED) is 0.229. The predicted octanol–water partition coefficient (Wildman–Crippen LogP) is 9.66. The molecular weight excluding hydrogens is 436 g/mol. The smallest absolute Gasteiger partial charge is 0.138 e. The molecule has 0 aliphatic carbocycles. The van der Waals surface area contributed by atoms with Crippen LogP contribution >= 0.6 is 0 Å². The Labute approximate surface area is 235 Å². The highest BCUT2D eigenvalue weighted by Crippen LogP contribution is 2.42. The topological polar surface area (TPSA) is 13.1 Å². The number of fused-ring (bicyclic) bond motifs is 3. The Morgan fingerprint density at radius 2 is 1.03 bits per heavy atom. The lowest BCUT2D eigenvalue weighted by atomic mass is 9.85. The van der Waals surface area contributed by atoms with E-state index in [1.54, 1.807) is 24.3 Å². The Bertz CT molecular complexity index is 2700. The molecule has 0 fully saturated rings. The van der Waals surface area contributed by atoms with Crippen molar-refractivity contribution < 1.29 is 29.1 Å². The van der Waals surface area contributed by atoms with Crippen molar-refractivity contribution in [3.63, 3.8) is 0 Å². The first-order valence-electron chi connectivity index (χ1n) is 19.9. The molecule has 1 aromatic heterocycles. The summed E-state index contributed by atoms with van der Waals surface area (Å²) in [4.78, 5) is 0. The van der Waals surface area contributed by atoms with Crippen molar-refractivity contribution in [1.29, 1.82) is 0 Å². The molecule has 170 valence electrons. The van der Waals surface area contributed by atoms with Crippen LogP contribution in [-0.2, 0) is 6.42 Å². The van der Waals surface area contributed by atoms with Gasteiger partial charge in [-0.05, 0) is 44.3 Å². The van der Waals surface area contributed by atoms with Gasteiger partial charge in [0.2, 0.25) is 0 Å². The number of benzene rings is 6. The summed E-state index contributed by atoms with van der Waals surface area (Å²) in [6.07, 6.45) is -0.452. The van der Waals surface area contributed by atoms with Crippen LogP contribution in [0.25, 0.3) is 55.0 Å². The molecule has 0 bridgehead atoms. The lowest BCUT2D eigenvalue weighted by Gasteiger charge is -2.17. The van der Waals surface area contributed by atoms with Crippen molar-refractivity contribution >= 4 is 32.5 Å². The fourth-order valence-electron chi connectivity index (χ4n) is 4.52. The van der Waals surface area contributed by atoms with E-state index in [1.807, 2.05) is 0 Å². The fourth-order valence-corrected chi connectivity index (χ4v) is 4.52. The maximum Gasteiger partial charge on any atom is 0.138 e. The largest absolute Gasteiger partial charge is 0.456 e. The van der Waals surface area contributed by atoms with Crippen LogP contribution in [0.2, 0.25) is 0 Å². The first-order chi connectivity index (χ1) is 25.3. The van der Waals surface area contributed by atoms with Crippen LogP contribution in [-0.4, -0.2) is 0 Å². The molecule has 0 saturated heterocycles. The summed E-state index contributed by atoms with van der Waals surface area (Å²) in [7, 11) is 0. The van der Waals surface area contributed by atoms with Gasteiger partial charge in [0.05, 0.1) is 24.7 Å². The second-order valence-corrected chi connectivity index (χ2v) is 7.94. The normalized spacial score (nSPS) is 18.4. The summed E-state index contributed by atoms with van der Waals surface area (Å²) >= 11 is 0. The van der Waals surface area contributed by atoms with E-state index in [0.29, 0.717) is 5.39 Å². The molecule has 0 N–H and O–H groups in total. The molecule has 1 nitrogen and oxygen atoms in total. The molecule has 0 aliphatic rings. The second-order valence-electron chi connectivity index (χ2n) is 7.94. The highest BCUT2D eigenvalue weighted by molar-refractivity contribution is 6.15. The minimum absolute atomic E-state index is 0.102. The third-order valence-electron chi connectivity index (χ3n) is 6.01. The van der Waals surface area contributed by atoms with Crippen LogP contribution in [0.4, 0.5) is 0 Å². The highest BCUT2D eigenvalue weighted by atomic mass is 16.3. The van der Waals surface area contributed by atoms with Crippen LogP contribution in [0.5, 0.6) is 0 Å². The van der Waals surface area contributed by atoms with Crippen LogP contribution in [0, 0.1) is 0 Å². The van der Waals surface area contributed by atoms with Gasteiger partial charge in [-0.15, -0.1) is 0 Å². The van der Waals surface area contributed by atoms with Crippen molar-refractivity contribution in [3.8, 4) is 22.5 Å². The summed E-state index contributed by atoms with van der Waals surface area (Å²) in [5.41, 5.74) is -1.03. The number of hydrogen-bond donors (Lipinski definition) is 0. The first kappa shape index (κ1) is 9.44. The van der Waals surface area contributed by atoms with Gasteiger partial charge in [-0.1, -0.05) is 127 Å². The lowest BCUT2D eigenvalue weighted by Crippen LogP contribution is -1.96. The van der Waals surface area contributed by atoms with Crippen LogP contribution < -0.4 is 0 Å². The molecule has 0 unspecified atom stereocenters. The summed E-state index contributed by atoms with van der Waals surface area (Å²) in [5.74, 6) is -0.189. The van der Waals surface area contributed by atoms with Crippen molar-refractivity contribution in [2.24, 2.45) is 0 Å². The molecule has 7 rings (SSSR count). The van der Waals surface area contributed by atoms with Crippen molar-refractivity contribution in [1.82, 2.24) is 0 Å². The SMILES string of the molecule is [2H]c1c([2H])c([2H])c(-c2oc3ccccc3c2Cc2c3c([2H])c([2H])c([2H])c([2H])c3c(-c3c([2H])c([2H])c([2H])c([2H])c3[2H])c3c([2H])c([2H])c([2H])c([2H])c23)c([2H])c1[2H]. The van der Waals surface area contributed by atoms with Crippen LogP contribution in [0.15, 0.2) is 137 Å². The molecule has 0 amide bonds. The standard InChI is InChI=1S/C35H24O/c1-3-13-24(14-4-1)34-29-20-9-7-17-26(29)31(27-18-8-10-21-30(27)34)23-32-28-19-11-12-22-33(28)36-35(32)25-15-5-2-6-16-25/h1-22H,23H2/i1D,2D,3D,4D,5D,6D,7D,8D,9D,10D,13D,14D,15D,16D,17D,18D,20D,21D. The zero-order chi connectivity index (χ0) is 39.6.